The van der Waals surface area contributed by atoms with Crippen LogP contribution in [0.1, 0.15) is 36.0 Å². The molecule has 2 rings (SSSR count). The predicted molar refractivity (Wildman–Crippen MR) is 82.0 cm³/mol. The molecule has 1 aromatic rings. The van der Waals surface area contributed by atoms with Crippen LogP contribution in [-0.4, -0.2) is 33.6 Å². The number of carbonyl (C=O) groups is 1. The second-order valence-corrected chi connectivity index (χ2v) is 7.53. The fourth-order valence-electron chi connectivity index (χ4n) is 2.76. The molecule has 1 saturated carbocycles. The number of hydrogen-bond donors (Lipinski definition) is 2. The first-order chi connectivity index (χ1) is 11.1. The van der Waals surface area contributed by atoms with Crippen molar-refractivity contribution in [3.8, 4) is 0 Å². The van der Waals surface area contributed by atoms with E-state index in [0.717, 1.165) is 0 Å². The van der Waals surface area contributed by atoms with E-state index in [4.69, 9.17) is 0 Å². The van der Waals surface area contributed by atoms with Crippen LogP contribution in [0, 0.1) is 5.92 Å². The van der Waals surface area contributed by atoms with Crippen LogP contribution >= 0.6 is 0 Å². The maximum absolute atomic E-state index is 12.6. The number of hydrogen-bond acceptors (Lipinski definition) is 3. The molecule has 0 aromatic heterocycles. The highest BCUT2D eigenvalue weighted by molar-refractivity contribution is 7.89. The lowest BCUT2D eigenvalue weighted by molar-refractivity contribution is -0.182. The maximum atomic E-state index is 12.6. The molecule has 24 heavy (non-hydrogen) atoms. The van der Waals surface area contributed by atoms with Gasteiger partial charge in [-0.25, -0.2) is 13.1 Å². The molecular formula is C15H19F3N2O3S. The van der Waals surface area contributed by atoms with Gasteiger partial charge >= 0.3 is 6.18 Å². The standard InChI is InChI=1S/C15H19F3N2O3S/c1-19-14(21)10-2-8-13(9-3-10)24(22,23)20-12-6-4-11(5-7-12)15(16,17)18/h2-3,8-9,11-12,20H,4-7H2,1H3,(H,19,21). The van der Waals surface area contributed by atoms with Gasteiger partial charge < -0.3 is 5.32 Å². The highest BCUT2D eigenvalue weighted by Crippen LogP contribution is 2.37. The number of rotatable bonds is 4. The van der Waals surface area contributed by atoms with E-state index in [1.807, 2.05) is 0 Å². The zero-order valence-corrected chi connectivity index (χ0v) is 13.9. The van der Waals surface area contributed by atoms with E-state index in [-0.39, 0.29) is 36.5 Å². The third-order valence-corrected chi connectivity index (χ3v) is 5.70. The summed E-state index contributed by atoms with van der Waals surface area (Å²) in [6.45, 7) is 0. The van der Waals surface area contributed by atoms with Crippen molar-refractivity contribution in [2.75, 3.05) is 7.05 Å². The zero-order valence-electron chi connectivity index (χ0n) is 13.1. The lowest BCUT2D eigenvalue weighted by Crippen LogP contribution is -2.40. The predicted octanol–water partition coefficient (Wildman–Crippen LogP) is 2.45. The molecule has 1 aliphatic rings. The minimum Gasteiger partial charge on any atom is -0.355 e. The number of amides is 1. The summed E-state index contributed by atoms with van der Waals surface area (Å²) < 4.78 is 64.9. The molecule has 9 heteroatoms. The quantitative estimate of drug-likeness (QED) is 0.862. The molecular weight excluding hydrogens is 345 g/mol. The Bertz CT molecular complexity index is 679. The van der Waals surface area contributed by atoms with Gasteiger partial charge in [-0.05, 0) is 49.9 Å². The second-order valence-electron chi connectivity index (χ2n) is 5.81. The van der Waals surface area contributed by atoms with Crippen LogP contribution in [0.3, 0.4) is 0 Å². The lowest BCUT2D eigenvalue weighted by atomic mass is 9.86. The molecule has 1 fully saturated rings. The van der Waals surface area contributed by atoms with Crippen molar-refractivity contribution in [3.63, 3.8) is 0 Å². The molecule has 0 unspecified atom stereocenters. The van der Waals surface area contributed by atoms with Crippen molar-refractivity contribution < 1.29 is 26.4 Å². The lowest BCUT2D eigenvalue weighted by Gasteiger charge is -2.30. The second kappa shape index (κ2) is 7.10. The number of benzene rings is 1. The Morgan fingerprint density at radius 3 is 2.08 bits per heavy atom. The minimum absolute atomic E-state index is 0.0203. The molecule has 0 aliphatic heterocycles. The molecule has 0 saturated heterocycles. The van der Waals surface area contributed by atoms with E-state index in [1.165, 1.54) is 31.3 Å². The summed E-state index contributed by atoms with van der Waals surface area (Å²) in [5.74, 6) is -1.69. The SMILES string of the molecule is CNC(=O)c1ccc(S(=O)(=O)NC2CCC(C(F)(F)F)CC2)cc1. The van der Waals surface area contributed by atoms with Gasteiger partial charge in [0.15, 0.2) is 0 Å². The summed E-state index contributed by atoms with van der Waals surface area (Å²) in [6, 6.07) is 4.86. The number of halogens is 3. The third-order valence-electron chi connectivity index (χ3n) is 4.17. The van der Waals surface area contributed by atoms with Crippen LogP contribution in [0.4, 0.5) is 13.2 Å². The van der Waals surface area contributed by atoms with E-state index in [2.05, 4.69) is 10.0 Å². The largest absolute Gasteiger partial charge is 0.391 e. The average molecular weight is 364 g/mol. The van der Waals surface area contributed by atoms with Crippen LogP contribution in [0.25, 0.3) is 0 Å². The Morgan fingerprint density at radius 2 is 1.62 bits per heavy atom. The molecule has 0 bridgehead atoms. The van der Waals surface area contributed by atoms with Crippen molar-refractivity contribution >= 4 is 15.9 Å². The highest BCUT2D eigenvalue weighted by atomic mass is 32.2. The van der Waals surface area contributed by atoms with E-state index in [1.54, 1.807) is 0 Å². The Hall–Kier alpha value is -1.61. The van der Waals surface area contributed by atoms with Crippen LogP contribution in [-0.2, 0) is 10.0 Å². The topological polar surface area (TPSA) is 75.3 Å². The fraction of sp³-hybridized carbons (Fsp3) is 0.533. The van der Waals surface area contributed by atoms with Crippen molar-refractivity contribution in [1.82, 2.24) is 10.0 Å². The highest BCUT2D eigenvalue weighted by Gasteiger charge is 2.41. The van der Waals surface area contributed by atoms with E-state index in [0.29, 0.717) is 5.56 Å². The van der Waals surface area contributed by atoms with E-state index >= 15 is 0 Å². The van der Waals surface area contributed by atoms with Gasteiger partial charge in [-0.3, -0.25) is 4.79 Å². The normalized spacial score (nSPS) is 22.2. The molecule has 0 radical (unpaired) electrons. The minimum atomic E-state index is -4.22. The Kier molecular flexibility index (Phi) is 5.54. The van der Waals surface area contributed by atoms with Crippen molar-refractivity contribution in [3.05, 3.63) is 29.8 Å². The molecule has 5 nitrogen and oxygen atoms in total. The van der Waals surface area contributed by atoms with E-state index in [9.17, 15) is 26.4 Å². The molecule has 0 heterocycles. The van der Waals surface area contributed by atoms with Gasteiger partial charge in [0, 0.05) is 18.7 Å². The van der Waals surface area contributed by atoms with E-state index < -0.39 is 28.2 Å². The molecule has 0 spiro atoms. The Balaban J connectivity index is 2.01. The van der Waals surface area contributed by atoms with Gasteiger partial charge in [0.2, 0.25) is 10.0 Å². The molecule has 0 atom stereocenters. The van der Waals surface area contributed by atoms with Crippen LogP contribution in [0.15, 0.2) is 29.2 Å². The first-order valence-electron chi connectivity index (χ1n) is 7.54. The molecule has 1 aliphatic carbocycles. The van der Waals surface area contributed by atoms with Gasteiger partial charge in [-0.15, -0.1) is 0 Å². The fourth-order valence-corrected chi connectivity index (χ4v) is 4.06. The number of nitrogens with one attached hydrogen (secondary N) is 2. The summed E-state index contributed by atoms with van der Waals surface area (Å²) in [5.41, 5.74) is 0.321. The monoisotopic (exact) mass is 364 g/mol. The zero-order chi connectivity index (χ0) is 18.0. The molecule has 2 N–H and O–H groups in total. The van der Waals surface area contributed by atoms with Crippen molar-refractivity contribution in [1.29, 1.82) is 0 Å². The molecule has 1 aromatic carbocycles. The smallest absolute Gasteiger partial charge is 0.355 e. The van der Waals surface area contributed by atoms with Crippen molar-refractivity contribution in [2.24, 2.45) is 5.92 Å². The molecule has 134 valence electrons. The van der Waals surface area contributed by atoms with Gasteiger partial charge in [-0.2, -0.15) is 13.2 Å². The number of sulfonamides is 1. The first-order valence-corrected chi connectivity index (χ1v) is 9.03. The number of carbonyl (C=O) groups excluding carboxylic acids is 1. The van der Waals surface area contributed by atoms with Crippen LogP contribution < -0.4 is 10.0 Å². The van der Waals surface area contributed by atoms with Crippen molar-refractivity contribution in [2.45, 2.75) is 42.8 Å². The third kappa shape index (κ3) is 4.47. The summed E-state index contributed by atoms with van der Waals surface area (Å²) >= 11 is 0. The summed E-state index contributed by atoms with van der Waals surface area (Å²) in [7, 11) is -2.36. The van der Waals surface area contributed by atoms with Gasteiger partial charge in [0.1, 0.15) is 0 Å². The summed E-state index contributed by atoms with van der Waals surface area (Å²) in [6.07, 6.45) is -4.07. The first kappa shape index (κ1) is 18.7. The van der Waals surface area contributed by atoms with Gasteiger partial charge in [0.05, 0.1) is 10.8 Å². The van der Waals surface area contributed by atoms with Gasteiger partial charge in [-0.1, -0.05) is 0 Å². The Morgan fingerprint density at radius 1 is 1.08 bits per heavy atom. The maximum Gasteiger partial charge on any atom is 0.391 e. The summed E-state index contributed by atoms with van der Waals surface area (Å²) in [4.78, 5) is 11.4. The Labute approximate surface area is 138 Å². The van der Waals surface area contributed by atoms with Gasteiger partial charge in [0.25, 0.3) is 5.91 Å². The number of alkyl halides is 3. The average Bonchev–Trinajstić information content (AvgIpc) is 2.53. The van der Waals surface area contributed by atoms with Crippen LogP contribution in [0.2, 0.25) is 0 Å². The van der Waals surface area contributed by atoms with Crippen LogP contribution in [0.5, 0.6) is 0 Å². The summed E-state index contributed by atoms with van der Waals surface area (Å²) in [5, 5.41) is 2.43. The molecule has 1 amide bonds.